The Hall–Kier alpha value is -3.00. The summed E-state index contributed by atoms with van der Waals surface area (Å²) in [6.45, 7) is 0. The molecule has 2 aromatic carbocycles. The molecule has 0 saturated carbocycles. The largest absolute Gasteiger partial charge is 0.306 e. The fraction of sp³-hybridized carbons (Fsp3) is 0.167. The lowest BCUT2D eigenvalue weighted by atomic mass is 9.90. The fourth-order valence-corrected chi connectivity index (χ4v) is 5.38. The number of aryl methyl sites for hydroxylation is 2. The number of fused-ring (bicyclic) bond motifs is 2. The Morgan fingerprint density at radius 3 is 2.64 bits per heavy atom. The van der Waals surface area contributed by atoms with Crippen molar-refractivity contribution in [3.05, 3.63) is 75.1 Å². The Kier molecular flexibility index (Phi) is 5.25. The molecule has 0 fully saturated rings. The third-order valence-corrected chi connectivity index (χ3v) is 7.22. The number of halogens is 2. The van der Waals surface area contributed by atoms with Crippen LogP contribution in [0.5, 0.6) is 0 Å². The van der Waals surface area contributed by atoms with Gasteiger partial charge < -0.3 is 5.32 Å². The fourth-order valence-electron chi connectivity index (χ4n) is 4.17. The summed E-state index contributed by atoms with van der Waals surface area (Å²) >= 11 is 14.0. The van der Waals surface area contributed by atoms with Gasteiger partial charge in [-0.3, -0.25) is 0 Å². The molecule has 6 nitrogen and oxygen atoms in total. The normalized spacial score (nSPS) is 13.3. The Bertz CT molecular complexity index is 1470. The molecular formula is C24H18Cl2N6S. The second-order valence-corrected chi connectivity index (χ2v) is 9.67. The van der Waals surface area contributed by atoms with Crippen LogP contribution in [0, 0.1) is 0 Å². The van der Waals surface area contributed by atoms with E-state index in [-0.39, 0.29) is 0 Å². The first kappa shape index (κ1) is 20.6. The third kappa shape index (κ3) is 3.97. The maximum absolute atomic E-state index is 6.38. The van der Waals surface area contributed by atoms with E-state index in [1.54, 1.807) is 16.6 Å². The van der Waals surface area contributed by atoms with Gasteiger partial charge in [-0.05, 0) is 73.2 Å². The van der Waals surface area contributed by atoms with E-state index >= 15 is 0 Å². The van der Waals surface area contributed by atoms with Crippen molar-refractivity contribution in [1.82, 2.24) is 24.8 Å². The van der Waals surface area contributed by atoms with Gasteiger partial charge in [0.05, 0.1) is 16.4 Å². The molecule has 0 aliphatic heterocycles. The second-order valence-electron chi connectivity index (χ2n) is 7.99. The molecule has 0 radical (unpaired) electrons. The molecule has 164 valence electrons. The third-order valence-electron chi connectivity index (χ3n) is 5.83. The molecule has 1 N–H and O–H groups in total. The summed E-state index contributed by atoms with van der Waals surface area (Å²) in [5, 5.41) is 19.7. The number of anilines is 2. The molecule has 33 heavy (non-hydrogen) atoms. The summed E-state index contributed by atoms with van der Waals surface area (Å²) < 4.78 is 1.75. The number of hydrogen-bond donors (Lipinski definition) is 1. The molecule has 9 heteroatoms. The van der Waals surface area contributed by atoms with E-state index in [4.69, 9.17) is 23.2 Å². The molecule has 3 heterocycles. The average molecular weight is 493 g/mol. The SMILES string of the molecule is Clc1ccc(Cl)c(-c2csc3nc(Nc4ccc(-c5ccc6c(c5)CCCC6)nn4)nn23)c1. The number of nitrogens with one attached hydrogen (secondary N) is 1. The lowest BCUT2D eigenvalue weighted by Crippen LogP contribution is -2.03. The first-order chi connectivity index (χ1) is 16.1. The highest BCUT2D eigenvalue weighted by Crippen LogP contribution is 2.33. The molecule has 1 aliphatic carbocycles. The van der Waals surface area contributed by atoms with Gasteiger partial charge in [0.1, 0.15) is 0 Å². The Morgan fingerprint density at radius 1 is 0.909 bits per heavy atom. The Labute approximate surface area is 204 Å². The van der Waals surface area contributed by atoms with E-state index < -0.39 is 0 Å². The summed E-state index contributed by atoms with van der Waals surface area (Å²) in [4.78, 5) is 5.29. The lowest BCUT2D eigenvalue weighted by molar-refractivity contribution is 0.686. The van der Waals surface area contributed by atoms with Crippen LogP contribution in [0.2, 0.25) is 10.0 Å². The molecule has 6 rings (SSSR count). The van der Waals surface area contributed by atoms with Gasteiger partial charge in [0.25, 0.3) is 0 Å². The van der Waals surface area contributed by atoms with E-state index in [2.05, 4.69) is 43.8 Å². The highest BCUT2D eigenvalue weighted by atomic mass is 35.5. The van der Waals surface area contributed by atoms with Crippen LogP contribution >= 0.6 is 34.5 Å². The minimum atomic E-state index is 0.442. The summed E-state index contributed by atoms with van der Waals surface area (Å²) in [5.74, 6) is 1.02. The van der Waals surface area contributed by atoms with Crippen molar-refractivity contribution in [2.45, 2.75) is 25.7 Å². The van der Waals surface area contributed by atoms with Gasteiger partial charge in [-0.15, -0.1) is 26.6 Å². The number of nitrogens with zero attached hydrogens (tertiary/aromatic N) is 5. The van der Waals surface area contributed by atoms with Crippen molar-refractivity contribution in [1.29, 1.82) is 0 Å². The van der Waals surface area contributed by atoms with Crippen LogP contribution in [0.1, 0.15) is 24.0 Å². The van der Waals surface area contributed by atoms with Crippen LogP contribution in [-0.4, -0.2) is 24.8 Å². The second kappa shape index (κ2) is 8.41. The maximum atomic E-state index is 6.38. The summed E-state index contributed by atoms with van der Waals surface area (Å²) in [6, 6.07) is 15.8. The first-order valence-electron chi connectivity index (χ1n) is 10.7. The minimum Gasteiger partial charge on any atom is -0.306 e. The van der Waals surface area contributed by atoms with Crippen LogP contribution < -0.4 is 5.32 Å². The van der Waals surface area contributed by atoms with E-state index in [0.717, 1.165) is 33.9 Å². The van der Waals surface area contributed by atoms with Crippen molar-refractivity contribution >= 4 is 51.3 Å². The lowest BCUT2D eigenvalue weighted by Gasteiger charge is -2.16. The topological polar surface area (TPSA) is 68.0 Å². The van der Waals surface area contributed by atoms with Crippen molar-refractivity contribution in [2.75, 3.05) is 5.32 Å². The molecular weight excluding hydrogens is 475 g/mol. The van der Waals surface area contributed by atoms with Gasteiger partial charge in [0, 0.05) is 21.5 Å². The smallest absolute Gasteiger partial charge is 0.249 e. The average Bonchev–Trinajstić information content (AvgIpc) is 3.41. The minimum absolute atomic E-state index is 0.442. The quantitative estimate of drug-likeness (QED) is 0.297. The highest BCUT2D eigenvalue weighted by Gasteiger charge is 2.15. The standard InChI is InChI=1S/C24H18Cl2N6S/c25-17-7-8-19(26)18(12-17)21-13-33-24-28-23(31-32(21)24)27-22-10-9-20(29-30-22)16-6-5-14-3-1-2-4-15(14)11-16/h5-13H,1-4H2,(H,27,30,31). The van der Waals surface area contributed by atoms with Crippen LogP contribution in [0.3, 0.4) is 0 Å². The first-order valence-corrected chi connectivity index (χ1v) is 12.3. The van der Waals surface area contributed by atoms with Crippen LogP contribution in [-0.2, 0) is 12.8 Å². The van der Waals surface area contributed by atoms with Gasteiger partial charge in [0.15, 0.2) is 5.82 Å². The van der Waals surface area contributed by atoms with Crippen LogP contribution in [0.15, 0.2) is 53.9 Å². The van der Waals surface area contributed by atoms with Crippen molar-refractivity contribution < 1.29 is 0 Å². The predicted octanol–water partition coefficient (Wildman–Crippen LogP) is 6.84. The molecule has 1 aliphatic rings. The molecule has 0 bridgehead atoms. The van der Waals surface area contributed by atoms with E-state index in [0.29, 0.717) is 21.8 Å². The zero-order valence-electron chi connectivity index (χ0n) is 17.4. The summed E-state index contributed by atoms with van der Waals surface area (Å²) in [5.41, 5.74) is 6.48. The molecule has 0 amide bonds. The number of thiazole rings is 1. The van der Waals surface area contributed by atoms with Gasteiger partial charge >= 0.3 is 0 Å². The Morgan fingerprint density at radius 2 is 1.79 bits per heavy atom. The molecule has 0 unspecified atom stereocenters. The van der Waals surface area contributed by atoms with Gasteiger partial charge in [-0.1, -0.05) is 35.3 Å². The number of aromatic nitrogens is 5. The molecule has 3 aromatic heterocycles. The number of rotatable bonds is 4. The van der Waals surface area contributed by atoms with Crippen LogP contribution in [0.25, 0.3) is 27.5 Å². The molecule has 0 saturated heterocycles. The summed E-state index contributed by atoms with van der Waals surface area (Å²) in [7, 11) is 0. The summed E-state index contributed by atoms with van der Waals surface area (Å²) in [6.07, 6.45) is 4.84. The Balaban J connectivity index is 1.25. The molecule has 5 aromatic rings. The van der Waals surface area contributed by atoms with Gasteiger partial charge in [-0.2, -0.15) is 4.98 Å². The van der Waals surface area contributed by atoms with Crippen molar-refractivity contribution in [3.8, 4) is 22.5 Å². The van der Waals surface area contributed by atoms with E-state index in [1.807, 2.05) is 23.6 Å². The van der Waals surface area contributed by atoms with Gasteiger partial charge in [0.2, 0.25) is 10.9 Å². The van der Waals surface area contributed by atoms with E-state index in [1.165, 1.54) is 41.7 Å². The number of benzene rings is 2. The van der Waals surface area contributed by atoms with E-state index in [9.17, 15) is 0 Å². The number of hydrogen-bond acceptors (Lipinski definition) is 6. The highest BCUT2D eigenvalue weighted by molar-refractivity contribution is 7.15. The van der Waals surface area contributed by atoms with Gasteiger partial charge in [-0.25, -0.2) is 4.52 Å². The predicted molar refractivity (Wildman–Crippen MR) is 134 cm³/mol. The zero-order valence-corrected chi connectivity index (χ0v) is 19.8. The van der Waals surface area contributed by atoms with Crippen molar-refractivity contribution in [2.24, 2.45) is 0 Å². The van der Waals surface area contributed by atoms with Crippen LogP contribution in [0.4, 0.5) is 11.8 Å². The van der Waals surface area contributed by atoms with Crippen molar-refractivity contribution in [3.63, 3.8) is 0 Å². The molecule has 0 atom stereocenters. The molecule has 0 spiro atoms. The maximum Gasteiger partial charge on any atom is 0.249 e. The zero-order chi connectivity index (χ0) is 22.4. The monoisotopic (exact) mass is 492 g/mol.